The number of nitrogens with zero attached hydrogens (tertiary/aromatic N) is 5. The number of carbonyl (C=O) groups is 3. The molecule has 0 atom stereocenters. The summed E-state index contributed by atoms with van der Waals surface area (Å²) in [5.41, 5.74) is 0.129. The van der Waals surface area contributed by atoms with Crippen LogP contribution < -0.4 is 25.1 Å². The van der Waals surface area contributed by atoms with Gasteiger partial charge in [-0.3, -0.25) is 24.7 Å². The molecule has 0 aliphatic carbocycles. The highest BCUT2D eigenvalue weighted by molar-refractivity contribution is 7.91. The molecule has 48 heavy (non-hydrogen) atoms. The molecule has 0 saturated heterocycles. The third-order valence-electron chi connectivity index (χ3n) is 6.68. The topological polar surface area (TPSA) is 237 Å². The number of imidazole rings is 1. The molecular formula is C28H28N8O10S2. The number of aromatic amines is 1. The quantitative estimate of drug-likeness (QED) is 0.128. The Hall–Kier alpha value is -5.60. The predicted octanol–water partition coefficient (Wildman–Crippen LogP) is 1.39. The molecule has 0 bridgehead atoms. The summed E-state index contributed by atoms with van der Waals surface area (Å²) in [6.07, 6.45) is 0.203. The number of H-pyrrole nitrogens is 1. The molecule has 0 radical (unpaired) electrons. The van der Waals surface area contributed by atoms with Crippen molar-refractivity contribution in [3.05, 3.63) is 64.7 Å². The van der Waals surface area contributed by atoms with Crippen LogP contribution in [0.5, 0.6) is 11.5 Å². The summed E-state index contributed by atoms with van der Waals surface area (Å²) in [5.74, 6) is -1.44. The number of benzene rings is 2. The molecule has 3 aromatic heterocycles. The van der Waals surface area contributed by atoms with Gasteiger partial charge in [0, 0.05) is 13.1 Å². The van der Waals surface area contributed by atoms with Crippen molar-refractivity contribution in [2.24, 2.45) is 0 Å². The molecule has 0 saturated carbocycles. The van der Waals surface area contributed by atoms with Crippen LogP contribution in [0.15, 0.2) is 57.9 Å². The molecule has 2 aromatic carbocycles. The Bertz CT molecular complexity index is 2130. The zero-order chi connectivity index (χ0) is 34.4. The molecule has 3 heterocycles. The van der Waals surface area contributed by atoms with Gasteiger partial charge < -0.3 is 28.8 Å². The van der Waals surface area contributed by atoms with E-state index < -0.39 is 46.6 Å². The number of aromatic nitrogens is 5. The zero-order valence-electron chi connectivity index (χ0n) is 25.3. The second kappa shape index (κ2) is 14.4. The number of sulfonamides is 1. The van der Waals surface area contributed by atoms with Gasteiger partial charge in [0.15, 0.2) is 22.7 Å². The van der Waals surface area contributed by atoms with Crippen LogP contribution >= 0.6 is 11.3 Å². The number of hydrogen-bond donors (Lipinski definition) is 4. The van der Waals surface area contributed by atoms with Crippen molar-refractivity contribution < 1.29 is 42.1 Å². The first kappa shape index (κ1) is 33.8. The van der Waals surface area contributed by atoms with Gasteiger partial charge >= 0.3 is 12.1 Å². The monoisotopic (exact) mass is 700 g/mol. The largest absolute Gasteiger partial charge is 0.493 e. The highest BCUT2D eigenvalue weighted by Gasteiger charge is 2.23. The van der Waals surface area contributed by atoms with E-state index in [-0.39, 0.29) is 41.1 Å². The highest BCUT2D eigenvalue weighted by Crippen LogP contribution is 2.28. The summed E-state index contributed by atoms with van der Waals surface area (Å²) in [6.45, 7) is -2.00. The number of nitrogens with one attached hydrogen (secondary N) is 3. The van der Waals surface area contributed by atoms with Crippen LogP contribution in [0.2, 0.25) is 0 Å². The van der Waals surface area contributed by atoms with E-state index in [9.17, 15) is 32.7 Å². The molecule has 20 heteroatoms. The van der Waals surface area contributed by atoms with Crippen molar-refractivity contribution in [1.82, 2.24) is 34.1 Å². The van der Waals surface area contributed by atoms with Crippen LogP contribution in [-0.4, -0.2) is 94.8 Å². The third-order valence-corrected chi connectivity index (χ3v) is 9.55. The van der Waals surface area contributed by atoms with E-state index in [4.69, 9.17) is 14.2 Å². The minimum absolute atomic E-state index is 0.0888. The molecule has 2 amide bonds. The van der Waals surface area contributed by atoms with Crippen LogP contribution in [0.4, 0.5) is 10.7 Å². The number of methoxy groups -OCH3 is 2. The Labute approximate surface area is 275 Å². The average Bonchev–Trinajstić information content (AvgIpc) is 3.68. The van der Waals surface area contributed by atoms with Gasteiger partial charge in [-0.25, -0.2) is 27.9 Å². The van der Waals surface area contributed by atoms with E-state index in [1.54, 1.807) is 42.5 Å². The summed E-state index contributed by atoms with van der Waals surface area (Å²) in [7, 11) is -1.09. The second-order valence-corrected chi connectivity index (χ2v) is 12.9. The van der Waals surface area contributed by atoms with Gasteiger partial charge in [0.05, 0.1) is 30.8 Å². The van der Waals surface area contributed by atoms with Crippen molar-refractivity contribution in [3.63, 3.8) is 0 Å². The lowest BCUT2D eigenvalue weighted by Crippen LogP contribution is -2.42. The molecule has 0 fully saturated rings. The molecule has 0 aliphatic rings. The Morgan fingerprint density at radius 1 is 1.08 bits per heavy atom. The fourth-order valence-electron chi connectivity index (χ4n) is 4.42. The molecule has 5 aromatic rings. The number of hydrogen-bond acceptors (Lipinski definition) is 13. The van der Waals surface area contributed by atoms with Gasteiger partial charge in [0.2, 0.25) is 16.2 Å². The molecule has 0 unspecified atom stereocenters. The molecule has 4 N–H and O–H groups in total. The molecule has 0 aliphatic heterocycles. The molecular weight excluding hydrogens is 672 g/mol. The number of anilines is 1. The van der Waals surface area contributed by atoms with Crippen LogP contribution in [0.1, 0.15) is 5.56 Å². The summed E-state index contributed by atoms with van der Waals surface area (Å²) >= 11 is 0.969. The van der Waals surface area contributed by atoms with Gasteiger partial charge in [0.1, 0.15) is 19.7 Å². The molecule has 0 spiro atoms. The maximum absolute atomic E-state index is 13.2. The van der Waals surface area contributed by atoms with Crippen molar-refractivity contribution in [2.75, 3.05) is 39.2 Å². The smallest absolute Gasteiger partial charge is 0.414 e. The number of carboxylic acids is 1. The van der Waals surface area contributed by atoms with E-state index in [1.807, 2.05) is 0 Å². The number of fused-ring (bicyclic) bond motifs is 2. The van der Waals surface area contributed by atoms with E-state index in [1.165, 1.54) is 18.8 Å². The summed E-state index contributed by atoms with van der Waals surface area (Å²) < 4.78 is 45.2. The predicted molar refractivity (Wildman–Crippen MR) is 171 cm³/mol. The van der Waals surface area contributed by atoms with Crippen molar-refractivity contribution in [2.45, 2.75) is 17.5 Å². The highest BCUT2D eigenvalue weighted by atomic mass is 32.2. The normalized spacial score (nSPS) is 11.4. The van der Waals surface area contributed by atoms with Gasteiger partial charge in [0.25, 0.3) is 15.6 Å². The number of para-hydroxylation sites is 1. The Morgan fingerprint density at radius 3 is 2.58 bits per heavy atom. The second-order valence-electron chi connectivity index (χ2n) is 9.90. The van der Waals surface area contributed by atoms with Gasteiger partial charge in [-0.15, -0.1) is 11.3 Å². The SMILES string of the molecule is COc1ccc(COC(=O)Nc2nc3c(ncn3CC(=O)N(CCNS(=O)(=O)c3nc4ccccc4s3)CC(=O)O)c(=O)[nH]2)cc1OC. The van der Waals surface area contributed by atoms with Crippen molar-refractivity contribution in [3.8, 4) is 11.5 Å². The average molecular weight is 701 g/mol. The first-order valence-electron chi connectivity index (χ1n) is 13.9. The van der Waals surface area contributed by atoms with Crippen LogP contribution in [0.3, 0.4) is 0 Å². The van der Waals surface area contributed by atoms with E-state index in [0.29, 0.717) is 27.3 Å². The minimum atomic E-state index is -4.04. The van der Waals surface area contributed by atoms with Crippen molar-refractivity contribution in [1.29, 1.82) is 0 Å². The zero-order valence-corrected chi connectivity index (χ0v) is 27.0. The summed E-state index contributed by atoms with van der Waals surface area (Å²) in [6, 6.07) is 11.8. The number of rotatable bonds is 14. The third kappa shape index (κ3) is 7.85. The molecule has 5 rings (SSSR count). The lowest BCUT2D eigenvalue weighted by atomic mass is 10.2. The number of carbonyl (C=O) groups excluding carboxylic acids is 2. The first-order valence-corrected chi connectivity index (χ1v) is 16.2. The standard InChI is InChI=1S/C28H28N8O10S2/c1-44-18-8-7-16(11-19(18)45-2)14-46-27(41)34-26-32-24-23(25(40)33-26)29-15-36(24)12-21(37)35(13-22(38)39)10-9-30-48(42,43)28-31-17-5-3-4-6-20(17)47-28/h3-8,11,15,30H,9-10,12-14H2,1-2H3,(H,38,39)(H2,32,33,34,40,41). The van der Waals surface area contributed by atoms with Gasteiger partial charge in [-0.2, -0.15) is 4.98 Å². The summed E-state index contributed by atoms with van der Waals surface area (Å²) in [5, 5.41) is 11.7. The molecule has 252 valence electrons. The number of aliphatic carboxylic acids is 1. The van der Waals surface area contributed by atoms with Crippen LogP contribution in [-0.2, 0) is 37.5 Å². The van der Waals surface area contributed by atoms with E-state index in [2.05, 4.69) is 30.0 Å². The van der Waals surface area contributed by atoms with Gasteiger partial charge in [-0.05, 0) is 29.8 Å². The number of thiazole rings is 1. The fraction of sp³-hybridized carbons (Fsp3) is 0.250. The lowest BCUT2D eigenvalue weighted by Gasteiger charge is -2.21. The van der Waals surface area contributed by atoms with Crippen LogP contribution in [0, 0.1) is 0 Å². The van der Waals surface area contributed by atoms with Crippen molar-refractivity contribution >= 4 is 66.7 Å². The summed E-state index contributed by atoms with van der Waals surface area (Å²) in [4.78, 5) is 65.4. The van der Waals surface area contributed by atoms with Gasteiger partial charge in [-0.1, -0.05) is 18.2 Å². The maximum Gasteiger partial charge on any atom is 0.414 e. The maximum atomic E-state index is 13.2. The van der Waals surface area contributed by atoms with E-state index >= 15 is 0 Å². The van der Waals surface area contributed by atoms with Crippen LogP contribution in [0.25, 0.3) is 21.4 Å². The number of amides is 2. The Morgan fingerprint density at radius 2 is 1.85 bits per heavy atom. The fourth-order valence-corrected chi connectivity index (χ4v) is 6.71. The molecule has 18 nitrogen and oxygen atoms in total. The minimum Gasteiger partial charge on any atom is -0.493 e. The lowest BCUT2D eigenvalue weighted by molar-refractivity contribution is -0.144. The van der Waals surface area contributed by atoms with E-state index in [0.717, 1.165) is 22.6 Å². The number of carboxylic acid groups (broad SMARTS) is 1. The Kier molecular flexibility index (Phi) is 10.2. The first-order chi connectivity index (χ1) is 23.0. The number of ether oxygens (including phenoxy) is 3. The Balaban J connectivity index is 1.24.